The average Bonchev–Trinajstić information content (AvgIpc) is 2.80. The van der Waals surface area contributed by atoms with Crippen LogP contribution >= 0.6 is 0 Å². The van der Waals surface area contributed by atoms with Gasteiger partial charge in [0.2, 0.25) is 0 Å². The molecule has 168 valence electrons. The minimum Gasteiger partial charge on any atom is -0.506 e. The third-order valence-corrected chi connectivity index (χ3v) is 6.39. The van der Waals surface area contributed by atoms with Gasteiger partial charge in [0.05, 0.1) is 24.1 Å². The van der Waals surface area contributed by atoms with Crippen LogP contribution in [0.5, 0.6) is 5.75 Å². The van der Waals surface area contributed by atoms with E-state index < -0.39 is 28.6 Å². The molecule has 4 rings (SSSR count). The first kappa shape index (κ1) is 22.0. The number of hydrogen-bond donors (Lipinski definition) is 3. The van der Waals surface area contributed by atoms with Gasteiger partial charge in [-0.1, -0.05) is 19.1 Å². The number of nitrogens with one attached hydrogen (secondary N) is 1. The highest BCUT2D eigenvalue weighted by atomic mass is 19.1. The molecule has 0 atom stereocenters. The Morgan fingerprint density at radius 1 is 1.25 bits per heavy atom. The van der Waals surface area contributed by atoms with E-state index in [9.17, 15) is 24.2 Å². The standard InChI is InChI=1S/C24H26FN3O4/c1-15-8-10-24(14-29,11-9-15)27-22(31)19-20(30)18-3-2-12-26-21(18)28(23(19)32)13-16-4-6-17(25)7-5-16/h2-7,12,15,29-30H,8-11,13-14H2,1H3,(H,27,31)/t15-,24+. The molecule has 1 amide bonds. The Balaban J connectivity index is 1.78. The summed E-state index contributed by atoms with van der Waals surface area (Å²) in [7, 11) is 0. The summed E-state index contributed by atoms with van der Waals surface area (Å²) < 4.78 is 14.6. The highest BCUT2D eigenvalue weighted by molar-refractivity contribution is 6.02. The van der Waals surface area contributed by atoms with Crippen LogP contribution in [-0.2, 0) is 6.54 Å². The summed E-state index contributed by atoms with van der Waals surface area (Å²) in [4.78, 5) is 30.8. The molecule has 3 aromatic rings. The van der Waals surface area contributed by atoms with E-state index >= 15 is 0 Å². The Hall–Kier alpha value is -3.26. The van der Waals surface area contributed by atoms with Crippen molar-refractivity contribution in [3.63, 3.8) is 0 Å². The monoisotopic (exact) mass is 439 g/mol. The summed E-state index contributed by atoms with van der Waals surface area (Å²) in [6.07, 6.45) is 4.38. The summed E-state index contributed by atoms with van der Waals surface area (Å²) in [5.41, 5.74) is -1.05. The number of aliphatic hydroxyl groups is 1. The minimum atomic E-state index is -0.825. The van der Waals surface area contributed by atoms with Gasteiger partial charge in [-0.15, -0.1) is 0 Å². The number of benzene rings is 1. The van der Waals surface area contributed by atoms with Gasteiger partial charge in [0.25, 0.3) is 11.5 Å². The largest absolute Gasteiger partial charge is 0.506 e. The number of aromatic nitrogens is 2. The number of pyridine rings is 2. The van der Waals surface area contributed by atoms with Gasteiger partial charge in [0.15, 0.2) is 0 Å². The number of fused-ring (bicyclic) bond motifs is 1. The summed E-state index contributed by atoms with van der Waals surface area (Å²) >= 11 is 0. The molecule has 8 heteroatoms. The van der Waals surface area contributed by atoms with Gasteiger partial charge in [0.1, 0.15) is 22.8 Å². The molecule has 32 heavy (non-hydrogen) atoms. The molecular weight excluding hydrogens is 413 g/mol. The molecule has 0 aliphatic heterocycles. The van der Waals surface area contributed by atoms with Gasteiger partial charge in [-0.2, -0.15) is 0 Å². The van der Waals surface area contributed by atoms with Gasteiger partial charge >= 0.3 is 0 Å². The third kappa shape index (κ3) is 4.10. The van der Waals surface area contributed by atoms with Gasteiger partial charge in [-0.3, -0.25) is 14.2 Å². The number of halogens is 1. The summed E-state index contributed by atoms with van der Waals surface area (Å²) in [6.45, 7) is 1.93. The van der Waals surface area contributed by atoms with E-state index in [-0.39, 0.29) is 29.7 Å². The van der Waals surface area contributed by atoms with Crippen molar-refractivity contribution < 1.29 is 19.4 Å². The van der Waals surface area contributed by atoms with E-state index in [2.05, 4.69) is 17.2 Å². The van der Waals surface area contributed by atoms with E-state index in [1.165, 1.54) is 22.9 Å². The Labute approximate surface area is 184 Å². The lowest BCUT2D eigenvalue weighted by Gasteiger charge is -2.38. The number of nitrogens with zero attached hydrogens (tertiary/aromatic N) is 2. The molecule has 1 aliphatic rings. The van der Waals surface area contributed by atoms with Crippen molar-refractivity contribution >= 4 is 16.9 Å². The zero-order chi connectivity index (χ0) is 22.9. The number of hydrogen-bond acceptors (Lipinski definition) is 5. The molecule has 1 saturated carbocycles. The maximum Gasteiger partial charge on any atom is 0.269 e. The van der Waals surface area contributed by atoms with Gasteiger partial charge < -0.3 is 15.5 Å². The molecule has 1 fully saturated rings. The highest BCUT2D eigenvalue weighted by Gasteiger charge is 2.36. The van der Waals surface area contributed by atoms with E-state index in [4.69, 9.17) is 0 Å². The van der Waals surface area contributed by atoms with Crippen LogP contribution in [0.2, 0.25) is 0 Å². The molecule has 0 radical (unpaired) electrons. The van der Waals surface area contributed by atoms with Crippen LogP contribution < -0.4 is 10.9 Å². The van der Waals surface area contributed by atoms with Gasteiger partial charge in [0, 0.05) is 6.20 Å². The highest BCUT2D eigenvalue weighted by Crippen LogP contribution is 2.33. The number of carbonyl (C=O) groups is 1. The molecular formula is C24H26FN3O4. The summed E-state index contributed by atoms with van der Waals surface area (Å²) in [5.74, 6) is -1.07. The number of aliphatic hydroxyl groups excluding tert-OH is 1. The molecule has 0 bridgehead atoms. The topological polar surface area (TPSA) is 104 Å². The van der Waals surface area contributed by atoms with E-state index in [0.717, 1.165) is 12.8 Å². The van der Waals surface area contributed by atoms with Crippen molar-refractivity contribution in [3.8, 4) is 5.75 Å². The van der Waals surface area contributed by atoms with E-state index in [1.807, 2.05) is 0 Å². The molecule has 1 aromatic carbocycles. The smallest absolute Gasteiger partial charge is 0.269 e. The van der Waals surface area contributed by atoms with Crippen LogP contribution in [0.25, 0.3) is 11.0 Å². The maximum atomic E-state index is 13.4. The second-order valence-electron chi connectivity index (χ2n) is 8.69. The van der Waals surface area contributed by atoms with Crippen LogP contribution in [0.4, 0.5) is 4.39 Å². The lowest BCUT2D eigenvalue weighted by atomic mass is 9.77. The predicted octanol–water partition coefficient (Wildman–Crippen LogP) is 2.96. The molecule has 3 N–H and O–H groups in total. The lowest BCUT2D eigenvalue weighted by molar-refractivity contribution is 0.0713. The quantitative estimate of drug-likeness (QED) is 0.567. The van der Waals surface area contributed by atoms with Crippen LogP contribution in [0.1, 0.15) is 48.5 Å². The van der Waals surface area contributed by atoms with E-state index in [0.29, 0.717) is 24.3 Å². The molecule has 1 aliphatic carbocycles. The fourth-order valence-electron chi connectivity index (χ4n) is 4.33. The van der Waals surface area contributed by atoms with Gasteiger partial charge in [-0.25, -0.2) is 9.37 Å². The fourth-order valence-corrected chi connectivity index (χ4v) is 4.33. The molecule has 0 unspecified atom stereocenters. The Morgan fingerprint density at radius 3 is 2.59 bits per heavy atom. The molecule has 0 spiro atoms. The first-order valence-corrected chi connectivity index (χ1v) is 10.7. The van der Waals surface area contributed by atoms with Crippen LogP contribution in [-0.4, -0.2) is 37.8 Å². The lowest BCUT2D eigenvalue weighted by Crippen LogP contribution is -2.54. The van der Waals surface area contributed by atoms with Crippen molar-refractivity contribution in [2.75, 3.05) is 6.61 Å². The SMILES string of the molecule is C[C@H]1CC[C@@](CO)(NC(=O)c2c(O)c3cccnc3n(Cc3ccc(F)cc3)c2=O)CC1. The van der Waals surface area contributed by atoms with Crippen LogP contribution in [0.3, 0.4) is 0 Å². The molecule has 2 aromatic heterocycles. The molecule has 0 saturated heterocycles. The summed E-state index contributed by atoms with van der Waals surface area (Å²) in [6, 6.07) is 8.87. The first-order valence-electron chi connectivity index (χ1n) is 10.7. The zero-order valence-electron chi connectivity index (χ0n) is 17.8. The normalized spacial score (nSPS) is 20.9. The van der Waals surface area contributed by atoms with Crippen LogP contribution in [0, 0.1) is 11.7 Å². The zero-order valence-corrected chi connectivity index (χ0v) is 17.8. The number of carbonyl (C=O) groups excluding carboxylic acids is 1. The Bertz CT molecular complexity index is 1200. The summed E-state index contributed by atoms with van der Waals surface area (Å²) in [5, 5.41) is 23.9. The van der Waals surface area contributed by atoms with Crippen LogP contribution in [0.15, 0.2) is 47.4 Å². The number of rotatable bonds is 5. The van der Waals surface area contributed by atoms with Crippen molar-refractivity contribution in [2.45, 2.75) is 44.7 Å². The average molecular weight is 439 g/mol. The minimum absolute atomic E-state index is 0.0514. The Kier molecular flexibility index (Phi) is 5.97. The fraction of sp³-hybridized carbons (Fsp3) is 0.375. The van der Waals surface area contributed by atoms with Crippen molar-refractivity contribution in [1.29, 1.82) is 0 Å². The second kappa shape index (κ2) is 8.70. The molecule has 2 heterocycles. The molecule has 7 nitrogen and oxygen atoms in total. The van der Waals surface area contributed by atoms with Crippen molar-refractivity contribution in [1.82, 2.24) is 14.9 Å². The third-order valence-electron chi connectivity index (χ3n) is 6.39. The number of amides is 1. The predicted molar refractivity (Wildman–Crippen MR) is 118 cm³/mol. The second-order valence-corrected chi connectivity index (χ2v) is 8.69. The maximum absolute atomic E-state index is 13.4. The first-order chi connectivity index (χ1) is 15.3. The van der Waals surface area contributed by atoms with Crippen molar-refractivity contribution in [3.05, 3.63) is 69.9 Å². The Morgan fingerprint density at radius 2 is 1.94 bits per heavy atom. The number of aromatic hydroxyl groups is 1. The van der Waals surface area contributed by atoms with Gasteiger partial charge in [-0.05, 0) is 61.4 Å². The van der Waals surface area contributed by atoms with Crippen molar-refractivity contribution in [2.24, 2.45) is 5.92 Å². The van der Waals surface area contributed by atoms with E-state index in [1.54, 1.807) is 24.3 Å².